The first-order valence-corrected chi connectivity index (χ1v) is 17.8. The molecule has 5 N–H and O–H groups in total. The molecule has 268 valence electrons. The van der Waals surface area contributed by atoms with Crippen molar-refractivity contribution >= 4 is 16.9 Å². The molecular formula is C38H47F4N7O. The lowest BCUT2D eigenvalue weighted by Crippen LogP contribution is -2.43. The molecule has 8 nitrogen and oxygen atoms in total. The van der Waals surface area contributed by atoms with Gasteiger partial charge in [-0.1, -0.05) is 12.1 Å². The highest BCUT2D eigenvalue weighted by Gasteiger charge is 2.33. The number of nitrogens with zero attached hydrogens (tertiary/aromatic N) is 4. The first-order valence-electron chi connectivity index (χ1n) is 17.8. The molecular weight excluding hydrogens is 646 g/mol. The van der Waals surface area contributed by atoms with Crippen molar-refractivity contribution in [2.75, 3.05) is 19.8 Å². The zero-order chi connectivity index (χ0) is 35.4. The highest BCUT2D eigenvalue weighted by molar-refractivity contribution is 5.83. The van der Waals surface area contributed by atoms with Gasteiger partial charge in [0.1, 0.15) is 5.65 Å². The Labute approximate surface area is 290 Å². The molecule has 50 heavy (non-hydrogen) atoms. The Morgan fingerprint density at radius 1 is 1.08 bits per heavy atom. The van der Waals surface area contributed by atoms with E-state index < -0.39 is 17.4 Å². The number of alkyl halides is 4. The average molecular weight is 694 g/mol. The summed E-state index contributed by atoms with van der Waals surface area (Å²) in [5, 5.41) is 0.598. The van der Waals surface area contributed by atoms with Crippen LogP contribution in [0.5, 0.6) is 0 Å². The van der Waals surface area contributed by atoms with E-state index in [4.69, 9.17) is 11.5 Å². The van der Waals surface area contributed by atoms with E-state index in [1.165, 1.54) is 10.6 Å². The number of hydrogen-bond acceptors (Lipinski definition) is 5. The topological polar surface area (TPSA) is 118 Å². The van der Waals surface area contributed by atoms with Gasteiger partial charge in [0.25, 0.3) is 0 Å². The summed E-state index contributed by atoms with van der Waals surface area (Å²) in [7, 11) is 0. The van der Waals surface area contributed by atoms with Crippen molar-refractivity contribution in [3.05, 3.63) is 81.9 Å². The number of aryl methyl sites for hydroxylation is 1. The lowest BCUT2D eigenvalue weighted by atomic mass is 9.89. The Kier molecular flexibility index (Phi) is 11.1. The molecule has 12 heteroatoms. The lowest BCUT2D eigenvalue weighted by Gasteiger charge is -2.42. The van der Waals surface area contributed by atoms with Crippen molar-refractivity contribution < 1.29 is 17.6 Å². The van der Waals surface area contributed by atoms with Gasteiger partial charge >= 0.3 is 11.9 Å². The molecule has 3 atom stereocenters. The number of H-pyrrole nitrogens is 1. The lowest BCUT2D eigenvalue weighted by molar-refractivity contribution is -0.137. The van der Waals surface area contributed by atoms with Gasteiger partial charge in [0.15, 0.2) is 0 Å². The van der Waals surface area contributed by atoms with Crippen LogP contribution in [0.1, 0.15) is 87.4 Å². The molecule has 1 saturated heterocycles. The fourth-order valence-corrected chi connectivity index (χ4v) is 7.42. The van der Waals surface area contributed by atoms with Gasteiger partial charge in [-0.3, -0.25) is 18.8 Å². The molecule has 2 aromatic carbocycles. The number of aromatic amines is 1. The van der Waals surface area contributed by atoms with Crippen molar-refractivity contribution in [2.45, 2.75) is 95.4 Å². The molecule has 0 amide bonds. The van der Waals surface area contributed by atoms with E-state index in [0.29, 0.717) is 77.6 Å². The summed E-state index contributed by atoms with van der Waals surface area (Å²) in [4.78, 5) is 27.3. The minimum absolute atomic E-state index is 0.0996. The highest BCUT2D eigenvalue weighted by atomic mass is 19.4. The van der Waals surface area contributed by atoms with E-state index in [2.05, 4.69) is 19.9 Å². The van der Waals surface area contributed by atoms with Crippen molar-refractivity contribution in [3.63, 3.8) is 0 Å². The van der Waals surface area contributed by atoms with Crippen LogP contribution in [0.25, 0.3) is 28.0 Å². The minimum Gasteiger partial charge on any atom is -0.388 e. The van der Waals surface area contributed by atoms with Crippen LogP contribution < -0.4 is 17.2 Å². The molecule has 1 unspecified atom stereocenters. The maximum absolute atomic E-state index is 13.9. The van der Waals surface area contributed by atoms with Gasteiger partial charge in [0, 0.05) is 48.5 Å². The molecule has 2 aliphatic rings. The molecule has 0 bridgehead atoms. The Hall–Kier alpha value is -4.03. The van der Waals surface area contributed by atoms with Crippen molar-refractivity contribution in [1.82, 2.24) is 19.4 Å². The number of aromatic nitrogens is 3. The smallest absolute Gasteiger partial charge is 0.388 e. The number of piperidine rings is 1. The molecule has 4 aromatic rings. The van der Waals surface area contributed by atoms with E-state index in [-0.39, 0.29) is 24.8 Å². The molecule has 6 rings (SSSR count). The minimum atomic E-state index is -4.50. The average Bonchev–Trinajstić information content (AvgIpc) is 3.86. The number of rotatable bonds is 14. The predicted octanol–water partition coefficient (Wildman–Crippen LogP) is 7.48. The fourth-order valence-electron chi connectivity index (χ4n) is 7.42. The number of hydrogen-bond donors (Lipinski definition) is 3. The summed E-state index contributed by atoms with van der Waals surface area (Å²) in [6, 6.07) is 14.1. The van der Waals surface area contributed by atoms with E-state index >= 15 is 0 Å². The van der Waals surface area contributed by atoms with Crippen LogP contribution in [0.4, 0.5) is 17.6 Å². The summed E-state index contributed by atoms with van der Waals surface area (Å²) in [5.41, 5.74) is 14.2. The molecule has 0 spiro atoms. The van der Waals surface area contributed by atoms with Crippen LogP contribution in [0, 0.1) is 5.92 Å². The quantitative estimate of drug-likeness (QED) is 0.0719. The van der Waals surface area contributed by atoms with Gasteiger partial charge < -0.3 is 16.5 Å². The summed E-state index contributed by atoms with van der Waals surface area (Å²) < 4.78 is 56.5. The second-order valence-corrected chi connectivity index (χ2v) is 14.0. The molecule has 3 heterocycles. The second-order valence-electron chi connectivity index (χ2n) is 14.0. The second kappa shape index (κ2) is 15.5. The standard InChI is InChI=1S/C38H47F4N7O/c1-24(43)45-17-15-31-6-3-8-35(48(31)18-4-16-39)27-11-13-32(14-12-27)49-23-29-22-34(46-36(29)47-37(49)50)28-19-25(20-30(21-28)38(40,41)42)5-2-7-33(44)26-9-10-26/h11-14,19-23,26,31,33,35H,2-10,15-18,44H2,1H3,(H2,43,45)(H,46,47,50)/t31-,33?,35-/m0/s1. The van der Waals surface area contributed by atoms with Crippen molar-refractivity contribution in [2.24, 2.45) is 22.4 Å². The zero-order valence-corrected chi connectivity index (χ0v) is 28.6. The van der Waals surface area contributed by atoms with Gasteiger partial charge in [-0.25, -0.2) is 4.79 Å². The van der Waals surface area contributed by atoms with Crippen LogP contribution in [-0.4, -0.2) is 57.1 Å². The molecule has 1 aliphatic heterocycles. The van der Waals surface area contributed by atoms with E-state index in [0.717, 1.165) is 56.6 Å². The van der Waals surface area contributed by atoms with Gasteiger partial charge in [-0.05, 0) is 130 Å². The Morgan fingerprint density at radius 3 is 2.56 bits per heavy atom. The van der Waals surface area contributed by atoms with Crippen molar-refractivity contribution in [1.29, 1.82) is 0 Å². The third kappa shape index (κ3) is 8.63. The predicted molar refractivity (Wildman–Crippen MR) is 190 cm³/mol. The Bertz CT molecular complexity index is 1840. The monoisotopic (exact) mass is 693 g/mol. The normalized spacial score (nSPS) is 19.7. The van der Waals surface area contributed by atoms with Crippen LogP contribution >= 0.6 is 0 Å². The van der Waals surface area contributed by atoms with E-state index in [9.17, 15) is 22.4 Å². The van der Waals surface area contributed by atoms with Gasteiger partial charge in [-0.2, -0.15) is 18.2 Å². The fraction of sp³-hybridized carbons (Fsp3) is 0.500. The van der Waals surface area contributed by atoms with Crippen molar-refractivity contribution in [3.8, 4) is 16.9 Å². The number of halogens is 4. The number of aliphatic imine (C=N–C) groups is 1. The molecule has 2 fully saturated rings. The van der Waals surface area contributed by atoms with Crippen LogP contribution in [0.3, 0.4) is 0 Å². The number of amidine groups is 1. The summed E-state index contributed by atoms with van der Waals surface area (Å²) >= 11 is 0. The third-order valence-electron chi connectivity index (χ3n) is 10.2. The highest BCUT2D eigenvalue weighted by Crippen LogP contribution is 2.37. The number of benzene rings is 2. The molecule has 2 aromatic heterocycles. The summed E-state index contributed by atoms with van der Waals surface area (Å²) in [5.74, 6) is 1.10. The Morgan fingerprint density at radius 2 is 1.86 bits per heavy atom. The van der Waals surface area contributed by atoms with Gasteiger partial charge in [-0.15, -0.1) is 0 Å². The summed E-state index contributed by atoms with van der Waals surface area (Å²) in [6.07, 6.45) is 5.75. The Balaban J connectivity index is 1.23. The third-order valence-corrected chi connectivity index (χ3v) is 10.2. The number of fused-ring (bicyclic) bond motifs is 1. The van der Waals surface area contributed by atoms with Crippen LogP contribution in [-0.2, 0) is 12.6 Å². The van der Waals surface area contributed by atoms with Gasteiger partial charge in [0.05, 0.1) is 23.8 Å². The zero-order valence-electron chi connectivity index (χ0n) is 28.6. The van der Waals surface area contributed by atoms with Gasteiger partial charge in [0.2, 0.25) is 0 Å². The van der Waals surface area contributed by atoms with Crippen LogP contribution in [0.2, 0.25) is 0 Å². The summed E-state index contributed by atoms with van der Waals surface area (Å²) in [6.45, 7) is 2.68. The first kappa shape index (κ1) is 35.8. The largest absolute Gasteiger partial charge is 0.416 e. The SMILES string of the molecule is CC(N)=NCC[C@@H]1CCC[C@@H](c2ccc(-n3cc4cc(-c5cc(CCCC(N)C6CC6)cc(C(F)(F)F)c5)[nH]c4nc3=O)cc2)N1CCCF. The number of nitrogens with two attached hydrogens (primary N) is 2. The molecule has 0 radical (unpaired) electrons. The number of nitrogens with one attached hydrogen (secondary N) is 1. The maximum atomic E-state index is 13.9. The van der Waals surface area contributed by atoms with E-state index in [1.807, 2.05) is 24.3 Å². The molecule has 1 aliphatic carbocycles. The first-order chi connectivity index (χ1) is 24.0. The molecule has 1 saturated carbocycles. The number of likely N-dealkylation sites (tertiary alicyclic amines) is 1. The maximum Gasteiger partial charge on any atom is 0.416 e. The van der Waals surface area contributed by atoms with E-state index in [1.54, 1.807) is 25.3 Å². The van der Waals surface area contributed by atoms with Crippen LogP contribution in [0.15, 0.2) is 64.5 Å².